The molecule has 7 aromatic rings. The van der Waals surface area contributed by atoms with Gasteiger partial charge < -0.3 is 0 Å². The zero-order valence-electron chi connectivity index (χ0n) is 19.2. The van der Waals surface area contributed by atoms with E-state index in [9.17, 15) is 0 Å². The Hall–Kier alpha value is -4.63. The molecule has 1 aromatic heterocycles. The Morgan fingerprint density at radius 3 is 1.23 bits per heavy atom. The molecule has 3 nitrogen and oxygen atoms in total. The van der Waals surface area contributed by atoms with E-state index in [1.807, 2.05) is 6.92 Å². The zero-order valence-corrected chi connectivity index (χ0v) is 19.2. The molecular formula is C32H21N3. The monoisotopic (exact) mass is 447 g/mol. The zero-order chi connectivity index (χ0) is 23.4. The summed E-state index contributed by atoms with van der Waals surface area (Å²) in [7, 11) is 0. The Labute approximate surface area is 202 Å². The topological polar surface area (TPSA) is 38.7 Å². The van der Waals surface area contributed by atoms with E-state index in [0.29, 0.717) is 17.5 Å². The SMILES string of the molecule is Cc1nc(-c2cc3ccccc3c3ccccc23)nc(-c2cc3ccccc3c3ccccc23)n1. The lowest BCUT2D eigenvalue weighted by atomic mass is 9.96. The van der Waals surface area contributed by atoms with Gasteiger partial charge >= 0.3 is 0 Å². The van der Waals surface area contributed by atoms with Crippen molar-refractivity contribution in [3.63, 3.8) is 0 Å². The first-order valence-corrected chi connectivity index (χ1v) is 11.8. The number of fused-ring (bicyclic) bond motifs is 6. The molecule has 0 aliphatic heterocycles. The molecule has 164 valence electrons. The van der Waals surface area contributed by atoms with Crippen molar-refractivity contribution < 1.29 is 0 Å². The van der Waals surface area contributed by atoms with Crippen LogP contribution >= 0.6 is 0 Å². The van der Waals surface area contributed by atoms with Crippen molar-refractivity contribution in [3.8, 4) is 22.8 Å². The highest BCUT2D eigenvalue weighted by atomic mass is 15.0. The number of aryl methyl sites for hydroxylation is 1. The fourth-order valence-corrected chi connectivity index (χ4v) is 5.20. The number of benzene rings is 6. The molecule has 0 bridgehead atoms. The lowest BCUT2D eigenvalue weighted by Crippen LogP contribution is -2.01. The van der Waals surface area contributed by atoms with Gasteiger partial charge in [-0.2, -0.15) is 0 Å². The average molecular weight is 448 g/mol. The van der Waals surface area contributed by atoms with Crippen LogP contribution in [0.4, 0.5) is 0 Å². The molecule has 0 atom stereocenters. The minimum absolute atomic E-state index is 0.701. The van der Waals surface area contributed by atoms with Crippen molar-refractivity contribution in [3.05, 3.63) is 115 Å². The Morgan fingerprint density at radius 2 is 0.771 bits per heavy atom. The van der Waals surface area contributed by atoms with E-state index >= 15 is 0 Å². The highest BCUT2D eigenvalue weighted by Gasteiger charge is 2.16. The molecule has 35 heavy (non-hydrogen) atoms. The molecule has 0 aliphatic carbocycles. The van der Waals surface area contributed by atoms with Crippen LogP contribution in [0.5, 0.6) is 0 Å². The second kappa shape index (κ2) is 7.71. The van der Waals surface area contributed by atoms with Crippen LogP contribution in [0.2, 0.25) is 0 Å². The summed E-state index contributed by atoms with van der Waals surface area (Å²) < 4.78 is 0. The quantitative estimate of drug-likeness (QED) is 0.251. The molecule has 7 rings (SSSR count). The Morgan fingerprint density at radius 1 is 0.400 bits per heavy atom. The van der Waals surface area contributed by atoms with E-state index in [1.54, 1.807) is 0 Å². The van der Waals surface area contributed by atoms with E-state index in [4.69, 9.17) is 15.0 Å². The predicted octanol–water partition coefficient (Wildman–Crippen LogP) is 8.13. The number of rotatable bonds is 2. The van der Waals surface area contributed by atoms with Crippen molar-refractivity contribution in [2.45, 2.75) is 6.92 Å². The van der Waals surface area contributed by atoms with E-state index in [1.165, 1.54) is 32.3 Å². The van der Waals surface area contributed by atoms with Crippen molar-refractivity contribution in [2.24, 2.45) is 0 Å². The van der Waals surface area contributed by atoms with Crippen LogP contribution in [0.3, 0.4) is 0 Å². The molecule has 6 aromatic carbocycles. The number of hydrogen-bond donors (Lipinski definition) is 0. The third-order valence-electron chi connectivity index (χ3n) is 6.77. The van der Waals surface area contributed by atoms with Crippen LogP contribution in [0, 0.1) is 6.92 Å². The standard InChI is InChI=1S/C32H21N3/c1-20-33-31(29-18-21-10-2-4-12-23(21)25-14-6-8-16-27(25)29)35-32(34-20)30-19-22-11-3-5-13-24(22)26-15-7-9-17-28(26)30/h2-19H,1H3. The molecule has 0 aliphatic rings. The molecule has 0 unspecified atom stereocenters. The fourth-order valence-electron chi connectivity index (χ4n) is 5.20. The molecule has 0 saturated carbocycles. The van der Waals surface area contributed by atoms with Gasteiger partial charge in [0.05, 0.1) is 0 Å². The normalized spacial score (nSPS) is 11.6. The lowest BCUT2D eigenvalue weighted by molar-refractivity contribution is 0.995. The molecule has 0 spiro atoms. The fraction of sp³-hybridized carbons (Fsp3) is 0.0312. The summed E-state index contributed by atoms with van der Waals surface area (Å²) in [4.78, 5) is 14.7. The first kappa shape index (κ1) is 19.8. The van der Waals surface area contributed by atoms with Gasteiger partial charge in [0.25, 0.3) is 0 Å². The third-order valence-corrected chi connectivity index (χ3v) is 6.77. The van der Waals surface area contributed by atoms with Gasteiger partial charge in [-0.15, -0.1) is 0 Å². The lowest BCUT2D eigenvalue weighted by Gasteiger charge is -2.13. The summed E-state index contributed by atoms with van der Waals surface area (Å²) in [6.45, 7) is 1.95. The summed E-state index contributed by atoms with van der Waals surface area (Å²) in [5.41, 5.74) is 2.05. The summed E-state index contributed by atoms with van der Waals surface area (Å²) in [6.07, 6.45) is 0. The average Bonchev–Trinajstić information content (AvgIpc) is 2.92. The second-order valence-corrected chi connectivity index (χ2v) is 8.91. The molecule has 0 amide bonds. The van der Waals surface area contributed by atoms with Crippen molar-refractivity contribution in [1.29, 1.82) is 0 Å². The predicted molar refractivity (Wildman–Crippen MR) is 145 cm³/mol. The van der Waals surface area contributed by atoms with Crippen molar-refractivity contribution in [1.82, 2.24) is 15.0 Å². The summed E-state index contributed by atoms with van der Waals surface area (Å²) >= 11 is 0. The summed E-state index contributed by atoms with van der Waals surface area (Å²) in [5, 5.41) is 9.52. The van der Waals surface area contributed by atoms with Crippen LogP contribution in [0.15, 0.2) is 109 Å². The maximum absolute atomic E-state index is 5.07. The molecule has 0 fully saturated rings. The van der Waals surface area contributed by atoms with Crippen LogP contribution in [0.25, 0.3) is 65.9 Å². The van der Waals surface area contributed by atoms with Gasteiger partial charge in [0.2, 0.25) is 0 Å². The summed E-state index contributed by atoms with van der Waals surface area (Å²) in [5.74, 6) is 2.11. The smallest absolute Gasteiger partial charge is 0.164 e. The molecule has 0 N–H and O–H groups in total. The Bertz CT molecular complexity index is 1780. The molecule has 0 radical (unpaired) electrons. The minimum atomic E-state index is 0.701. The van der Waals surface area contributed by atoms with Crippen molar-refractivity contribution >= 4 is 43.1 Å². The van der Waals surface area contributed by atoms with Gasteiger partial charge in [0.15, 0.2) is 11.6 Å². The highest BCUT2D eigenvalue weighted by molar-refractivity contribution is 6.14. The van der Waals surface area contributed by atoms with Gasteiger partial charge in [0.1, 0.15) is 5.82 Å². The van der Waals surface area contributed by atoms with Gasteiger partial charge in [-0.1, -0.05) is 97.1 Å². The molecule has 3 heteroatoms. The Kier molecular flexibility index (Phi) is 4.36. The van der Waals surface area contributed by atoms with Crippen LogP contribution < -0.4 is 0 Å². The number of aromatic nitrogens is 3. The molecule has 1 heterocycles. The van der Waals surface area contributed by atoms with Gasteiger partial charge in [-0.25, -0.2) is 15.0 Å². The van der Waals surface area contributed by atoms with E-state index < -0.39 is 0 Å². The molecule has 0 saturated heterocycles. The van der Waals surface area contributed by atoms with Crippen LogP contribution in [0.1, 0.15) is 5.82 Å². The third kappa shape index (κ3) is 3.17. The second-order valence-electron chi connectivity index (χ2n) is 8.91. The maximum atomic E-state index is 5.07. The minimum Gasteiger partial charge on any atom is -0.213 e. The van der Waals surface area contributed by atoms with E-state index in [0.717, 1.165) is 21.9 Å². The van der Waals surface area contributed by atoms with Crippen LogP contribution in [-0.4, -0.2) is 15.0 Å². The maximum Gasteiger partial charge on any atom is 0.164 e. The van der Waals surface area contributed by atoms with Gasteiger partial charge in [-0.05, 0) is 62.1 Å². The number of hydrogen-bond acceptors (Lipinski definition) is 3. The first-order valence-electron chi connectivity index (χ1n) is 11.8. The largest absolute Gasteiger partial charge is 0.213 e. The van der Waals surface area contributed by atoms with Crippen LogP contribution in [-0.2, 0) is 0 Å². The Balaban J connectivity index is 1.54. The van der Waals surface area contributed by atoms with Gasteiger partial charge in [0, 0.05) is 11.1 Å². The summed E-state index contributed by atoms with van der Waals surface area (Å²) in [6, 6.07) is 38.4. The number of nitrogens with zero attached hydrogens (tertiary/aromatic N) is 3. The first-order chi connectivity index (χ1) is 17.3. The van der Waals surface area contributed by atoms with E-state index in [2.05, 4.69) is 109 Å². The van der Waals surface area contributed by atoms with Crippen molar-refractivity contribution in [2.75, 3.05) is 0 Å². The van der Waals surface area contributed by atoms with E-state index in [-0.39, 0.29) is 0 Å². The van der Waals surface area contributed by atoms with Gasteiger partial charge in [-0.3, -0.25) is 0 Å². The molecular weight excluding hydrogens is 426 g/mol. The highest BCUT2D eigenvalue weighted by Crippen LogP contribution is 2.36.